The van der Waals surface area contributed by atoms with Gasteiger partial charge in [0.25, 0.3) is 5.91 Å². The molecule has 21 rings (SSSR count). The molecule has 0 bridgehead atoms. The van der Waals surface area contributed by atoms with E-state index < -0.39 is 32.4 Å². The molecule has 7 amide bonds. The summed E-state index contributed by atoms with van der Waals surface area (Å²) in [5.74, 6) is 0.785. The lowest BCUT2D eigenvalue weighted by Crippen LogP contribution is -2.57. The summed E-state index contributed by atoms with van der Waals surface area (Å²) in [6.45, 7) is 12.9. The molecule has 0 saturated carbocycles. The van der Waals surface area contributed by atoms with Crippen molar-refractivity contribution in [3.05, 3.63) is 366 Å². The molecule has 11 heterocycles. The Kier molecular flexibility index (Phi) is 28.9. The number of rotatable bonds is 21. The van der Waals surface area contributed by atoms with Crippen molar-refractivity contribution >= 4 is 196 Å². The monoisotopic (exact) mass is 2050 g/mol. The molecule has 10 aromatic carbocycles. The minimum Gasteiger partial charge on any atom is -0.398 e. The first-order chi connectivity index (χ1) is 68.2. The highest BCUT2D eigenvalue weighted by Gasteiger charge is 2.63. The van der Waals surface area contributed by atoms with Crippen LogP contribution in [0.5, 0.6) is 0 Å². The third-order valence-electron chi connectivity index (χ3n) is 27.1. The predicted octanol–water partition coefficient (Wildman–Crippen LogP) is 21.2. The quantitative estimate of drug-likeness (QED) is 0.0487. The van der Waals surface area contributed by atoms with Gasteiger partial charge in [-0.3, -0.25) is 38.5 Å². The second kappa shape index (κ2) is 41.9. The van der Waals surface area contributed by atoms with Gasteiger partial charge in [0.15, 0.2) is 0 Å². The Balaban J connectivity index is 0.000000135. The number of likely N-dealkylation sites (tertiary alicyclic amines) is 3. The van der Waals surface area contributed by atoms with Crippen molar-refractivity contribution in [2.75, 3.05) is 94.1 Å². The smallest absolute Gasteiger partial charge is 0.256 e. The van der Waals surface area contributed by atoms with E-state index in [4.69, 9.17) is 75.3 Å². The normalized spacial score (nSPS) is 19.9. The van der Waals surface area contributed by atoms with E-state index in [0.29, 0.717) is 146 Å². The van der Waals surface area contributed by atoms with Gasteiger partial charge in [0.2, 0.25) is 41.4 Å². The van der Waals surface area contributed by atoms with E-state index in [2.05, 4.69) is 44.7 Å². The third-order valence-corrected chi connectivity index (χ3v) is 32.8. The van der Waals surface area contributed by atoms with Crippen LogP contribution in [0.2, 0.25) is 30.1 Å². The molecule has 6 saturated heterocycles. The Hall–Kier alpha value is -12.5. The SMILES string of the molecule is Cc1ccc(S[C@@]2(C(=O)N3CCN(C(=O)c4ccccc4N)CC3)CC(=O)N(Cc3ccc(Cl)cc3)[C@H]2c2c[nH]c3cc(Cl)ccc23)cc1.Cc1ccc(S[C@@]2(C(=O)N3CCN(c4cnccn4)CC3)CC(=O)N(Cc3ccc(Cl)cc3)[C@H]2c2c[nH]c3cc(Cl)ccc23)cc1.Cc1ccc(S[C@@]2(C(=O)N3CCN(c4ncccn4)CC3)CC(=O)N(Cc3ccc(Cl)cc3)[C@H]2c2c[nH]c3cc(Cl)ccc23)cc1. The molecule has 5 N–H and O–H groups in total. The zero-order valence-corrected chi connectivity index (χ0v) is 84.2. The van der Waals surface area contributed by atoms with E-state index in [0.717, 1.165) is 103 Å². The molecule has 15 aromatic rings. The molecule has 6 aliphatic heterocycles. The number of thioether (sulfide) groups is 3. The first-order valence-corrected chi connectivity index (χ1v) is 51.2. The van der Waals surface area contributed by atoms with Crippen LogP contribution in [0.15, 0.2) is 295 Å². The molecule has 0 aliphatic carbocycles. The number of nitrogens with two attached hydrogens (primary N) is 1. The van der Waals surface area contributed by atoms with Gasteiger partial charge in [-0.2, -0.15) is 0 Å². The van der Waals surface area contributed by atoms with Gasteiger partial charge in [-0.1, -0.05) is 189 Å². The van der Waals surface area contributed by atoms with Crippen LogP contribution in [0, 0.1) is 20.8 Å². The number of amides is 7. The van der Waals surface area contributed by atoms with Crippen molar-refractivity contribution in [2.45, 2.75) is 107 Å². The first-order valence-electron chi connectivity index (χ1n) is 46.5. The van der Waals surface area contributed by atoms with Gasteiger partial charge in [-0.25, -0.2) is 15.0 Å². The summed E-state index contributed by atoms with van der Waals surface area (Å²) >= 11 is 42.2. The molecule has 6 fully saturated rings. The summed E-state index contributed by atoms with van der Waals surface area (Å²) in [4.78, 5) is 149. The number of hydrogen-bond acceptors (Lipinski definition) is 17. The molecule has 33 heteroatoms. The maximum absolute atomic E-state index is 15.2. The van der Waals surface area contributed by atoms with E-state index in [1.807, 2.05) is 269 Å². The number of nitrogen functional groups attached to an aromatic ring is 1. The molecular weight excluding hydrogens is 1960 g/mol. The second-order valence-electron chi connectivity index (χ2n) is 36.2. The van der Waals surface area contributed by atoms with Gasteiger partial charge in [0.1, 0.15) is 20.1 Å². The number of aromatic nitrogens is 7. The van der Waals surface area contributed by atoms with Crippen molar-refractivity contribution in [3.8, 4) is 0 Å². The zero-order valence-electron chi connectivity index (χ0n) is 77.3. The maximum atomic E-state index is 15.2. The third kappa shape index (κ3) is 20.5. The molecular formula is C108H99Cl6N17O7S3. The lowest BCUT2D eigenvalue weighted by Gasteiger charge is -2.42. The number of para-hydroxylation sites is 1. The standard InChI is InChI=1S/C38H35Cl2N5O3S.2C35H32Cl2N6O2S/c1-24-6-13-28(14-7-24)49-38(37(48)44-18-16-43(17-19-44)36(47)30-4-2-3-5-32(30)41)21-34(46)45(23-25-8-10-26(39)11-9-25)35(38)31-22-42-33-20-27(40)12-15-29(31)33;1-23-3-10-27(11-4-23)46-35(33(45)41-15-17-42(18-16-41)34-38-13-2-14-39-34)20-31(44)43(22-24-5-7-25(36)8-6-24)32(35)29-21-40-30-19-26(37)9-12-28(29)30;1-23-2-9-27(10-3-23)46-35(34(45)42-16-14-41(15-17-42)31-21-38-12-13-39-31)19-32(44)43(22-24-4-6-25(36)7-5-24)33(35)29-20-40-30-18-26(37)8-11-28(29)30/h2-15,20,22,35,42H,16-19,21,23,41H2,1H3;2-14,19,21,32,40H,15-18,20,22H2,1H3;2-13,18,20-21,33,40H,14-17,19,22H2,1H3/t35-,38-;32-,35-;33-,35-/m000/s1. The fraction of sp³-hybridized carbons (Fsp3) is 0.250. The summed E-state index contributed by atoms with van der Waals surface area (Å²) < 4.78 is -3.50. The first kappa shape index (κ1) is 97.3. The van der Waals surface area contributed by atoms with Crippen LogP contribution >= 0.6 is 105 Å². The van der Waals surface area contributed by atoms with E-state index >= 15 is 14.4 Å². The van der Waals surface area contributed by atoms with Crippen LogP contribution in [-0.2, 0) is 48.4 Å². The van der Waals surface area contributed by atoms with Gasteiger partial charge < -0.3 is 64.8 Å². The Morgan fingerprint density at radius 1 is 0.369 bits per heavy atom. The number of fused-ring (bicyclic) bond motifs is 3. The van der Waals surface area contributed by atoms with Crippen LogP contribution in [0.3, 0.4) is 0 Å². The number of nitrogens with one attached hydrogen (secondary N) is 3. The number of aromatic amines is 3. The fourth-order valence-corrected chi connectivity index (χ4v) is 25.3. The number of anilines is 3. The fourth-order valence-electron chi connectivity index (χ4n) is 20.0. The van der Waals surface area contributed by atoms with Gasteiger partial charge >= 0.3 is 0 Å². The number of halogens is 6. The predicted molar refractivity (Wildman–Crippen MR) is 562 cm³/mol. The molecule has 141 heavy (non-hydrogen) atoms. The molecule has 6 atom stereocenters. The average Bonchev–Trinajstić information content (AvgIpc) is 1.57. The van der Waals surface area contributed by atoms with E-state index in [-0.39, 0.29) is 60.6 Å². The number of H-pyrrole nitrogens is 3. The van der Waals surface area contributed by atoms with Crippen LogP contribution in [0.25, 0.3) is 32.7 Å². The Morgan fingerprint density at radius 3 is 1.04 bits per heavy atom. The topological polar surface area (TPSA) is 274 Å². The number of nitrogens with zero attached hydrogens (tertiary/aromatic N) is 13. The Labute approximate surface area is 858 Å². The van der Waals surface area contributed by atoms with Crippen LogP contribution in [0.1, 0.15) is 97.8 Å². The van der Waals surface area contributed by atoms with Crippen molar-refractivity contribution < 1.29 is 33.6 Å². The summed E-state index contributed by atoms with van der Waals surface area (Å²) in [5.41, 5.74) is 18.3. The van der Waals surface area contributed by atoms with E-state index in [9.17, 15) is 19.2 Å². The van der Waals surface area contributed by atoms with Crippen molar-refractivity contribution in [1.29, 1.82) is 0 Å². The highest BCUT2D eigenvalue weighted by atomic mass is 35.5. The molecule has 0 unspecified atom stereocenters. The average molecular weight is 2060 g/mol. The van der Waals surface area contributed by atoms with Crippen molar-refractivity contribution in [2.24, 2.45) is 0 Å². The minimum atomic E-state index is -1.22. The number of carbonyl (C=O) groups is 7. The van der Waals surface area contributed by atoms with Crippen LogP contribution < -0.4 is 15.5 Å². The zero-order chi connectivity index (χ0) is 98.0. The number of carbonyl (C=O) groups excluding carboxylic acids is 7. The number of piperazine rings is 3. The van der Waals surface area contributed by atoms with Crippen LogP contribution in [-0.4, -0.2) is 203 Å². The summed E-state index contributed by atoms with van der Waals surface area (Å²) in [7, 11) is 0. The van der Waals surface area contributed by atoms with Gasteiger partial charge in [-0.05, 0) is 165 Å². The summed E-state index contributed by atoms with van der Waals surface area (Å²) in [6, 6.07) is 71.0. The van der Waals surface area contributed by atoms with Gasteiger partial charge in [0.05, 0.1) is 49.1 Å². The molecule has 0 radical (unpaired) electrons. The van der Waals surface area contributed by atoms with Crippen molar-refractivity contribution in [1.82, 2.24) is 69.2 Å². The lowest BCUT2D eigenvalue weighted by atomic mass is 9.90. The lowest BCUT2D eigenvalue weighted by molar-refractivity contribution is -0.136. The summed E-state index contributed by atoms with van der Waals surface area (Å²) in [6.07, 6.45) is 14.4. The van der Waals surface area contributed by atoms with Gasteiger partial charge in [0, 0.05) is 241 Å². The van der Waals surface area contributed by atoms with E-state index in [1.165, 1.54) is 35.3 Å². The summed E-state index contributed by atoms with van der Waals surface area (Å²) in [5, 5.41) is 6.41. The largest absolute Gasteiger partial charge is 0.398 e. The molecule has 718 valence electrons. The molecule has 6 aliphatic rings. The number of benzene rings is 10. The minimum absolute atomic E-state index is 0.00257. The number of aryl methyl sites for hydroxylation is 3. The highest BCUT2D eigenvalue weighted by molar-refractivity contribution is 8.02. The van der Waals surface area contributed by atoms with E-state index in [1.54, 1.807) is 66.2 Å². The van der Waals surface area contributed by atoms with Crippen LogP contribution in [0.4, 0.5) is 17.5 Å². The van der Waals surface area contributed by atoms with Gasteiger partial charge in [-0.15, -0.1) is 35.3 Å². The highest BCUT2D eigenvalue weighted by Crippen LogP contribution is 2.59. The maximum Gasteiger partial charge on any atom is 0.256 e. The molecule has 24 nitrogen and oxygen atoms in total. The Bertz CT molecular complexity index is 6860. The van der Waals surface area contributed by atoms with Crippen molar-refractivity contribution in [3.63, 3.8) is 0 Å². The molecule has 0 spiro atoms. The second-order valence-corrected chi connectivity index (χ2v) is 43.1. The Morgan fingerprint density at radius 2 is 0.695 bits per heavy atom. The number of hydrogen-bond donors (Lipinski definition) is 4. The molecule has 5 aromatic heterocycles.